The highest BCUT2D eigenvalue weighted by Gasteiger charge is 2.58. The van der Waals surface area contributed by atoms with Crippen LogP contribution < -0.4 is 10.2 Å². The zero-order valence-electron chi connectivity index (χ0n) is 21.8. The number of hydrogen-bond donors (Lipinski definition) is 1. The van der Waals surface area contributed by atoms with E-state index in [-0.39, 0.29) is 39.6 Å². The van der Waals surface area contributed by atoms with Gasteiger partial charge in [0.2, 0.25) is 5.91 Å². The molecule has 6 rings (SSSR count). The van der Waals surface area contributed by atoms with E-state index in [2.05, 4.69) is 20.4 Å². The Kier molecular flexibility index (Phi) is 7.15. The van der Waals surface area contributed by atoms with Gasteiger partial charge in [0, 0.05) is 16.5 Å². The van der Waals surface area contributed by atoms with E-state index in [0.29, 0.717) is 28.8 Å². The zero-order chi connectivity index (χ0) is 31.2. The summed E-state index contributed by atoms with van der Waals surface area (Å²) in [6.45, 7) is 0. The van der Waals surface area contributed by atoms with Gasteiger partial charge >= 0.3 is 18.1 Å². The molecule has 1 fully saturated rings. The second-order valence-corrected chi connectivity index (χ2v) is 10.2. The first-order valence-corrected chi connectivity index (χ1v) is 13.5. The third kappa shape index (κ3) is 5.27. The van der Waals surface area contributed by atoms with Gasteiger partial charge in [-0.25, -0.2) is 18.9 Å². The Morgan fingerprint density at radius 3 is 2.52 bits per heavy atom. The van der Waals surface area contributed by atoms with Gasteiger partial charge < -0.3 is 9.73 Å². The van der Waals surface area contributed by atoms with Gasteiger partial charge in [-0.05, 0) is 48.5 Å². The number of aliphatic imine (C=N–C) groups is 1. The number of nitrogens with one attached hydrogen (secondary N) is 1. The molecule has 9 nitrogen and oxygen atoms in total. The number of hydrogen-bond acceptors (Lipinski definition) is 6. The third-order valence-electron chi connectivity index (χ3n) is 6.49. The molecule has 1 saturated heterocycles. The van der Waals surface area contributed by atoms with Crippen molar-refractivity contribution >= 4 is 51.2 Å². The average molecular weight is 631 g/mol. The summed E-state index contributed by atoms with van der Waals surface area (Å²) in [6.07, 6.45) is -3.10. The fourth-order valence-electron chi connectivity index (χ4n) is 4.35. The summed E-state index contributed by atoms with van der Waals surface area (Å²) >= 11 is 1.05. The van der Waals surface area contributed by atoms with E-state index in [1.54, 1.807) is 24.3 Å². The number of thioether (sulfide) groups is 1. The lowest BCUT2D eigenvalue weighted by Gasteiger charge is -2.19. The maximum atomic E-state index is 15.0. The molecule has 0 unspecified atom stereocenters. The number of carbonyl (C=O) groups excluding carboxylic acids is 2. The molecule has 1 aliphatic rings. The van der Waals surface area contributed by atoms with Crippen molar-refractivity contribution < 1.29 is 40.3 Å². The molecule has 5 aromatic rings. The molecule has 3 amide bonds. The Labute approximate surface area is 247 Å². The van der Waals surface area contributed by atoms with Crippen molar-refractivity contribution in [1.82, 2.24) is 14.8 Å². The number of fused-ring (bicyclic) bond motifs is 1. The van der Waals surface area contributed by atoms with Crippen LogP contribution >= 0.6 is 11.8 Å². The van der Waals surface area contributed by atoms with Crippen molar-refractivity contribution in [2.75, 3.05) is 16.0 Å². The predicted octanol–water partition coefficient (Wildman–Crippen LogP) is 7.14. The molecule has 0 radical (unpaired) electrons. The topological polar surface area (TPSA) is 106 Å². The van der Waals surface area contributed by atoms with Crippen molar-refractivity contribution in [3.05, 3.63) is 90.7 Å². The number of urea groups is 1. The number of nitrogens with zero attached hydrogens (tertiary/aromatic N) is 5. The van der Waals surface area contributed by atoms with Crippen LogP contribution in [-0.4, -0.2) is 43.8 Å². The molecule has 16 heteroatoms. The second kappa shape index (κ2) is 10.9. The fraction of sp³-hybridized carbons (Fsp3) is 0.107. The molecule has 3 aromatic carbocycles. The number of rotatable bonds is 5. The Morgan fingerprint density at radius 1 is 1.02 bits per heavy atom. The number of furan rings is 1. The average Bonchev–Trinajstić information content (AvgIpc) is 3.74. The molecule has 0 bridgehead atoms. The van der Waals surface area contributed by atoms with Crippen molar-refractivity contribution in [2.24, 2.45) is 4.99 Å². The molecule has 3 heterocycles. The molecule has 1 N–H and O–H groups in total. The van der Waals surface area contributed by atoms with E-state index in [4.69, 9.17) is 4.42 Å². The molecule has 0 saturated carbocycles. The number of anilines is 2. The molecular formula is C28H16F6N6O3S. The van der Waals surface area contributed by atoms with E-state index in [0.717, 1.165) is 34.6 Å². The van der Waals surface area contributed by atoms with Crippen LogP contribution in [0.1, 0.15) is 5.56 Å². The van der Waals surface area contributed by atoms with Crippen molar-refractivity contribution in [2.45, 2.75) is 12.1 Å². The fourth-order valence-corrected chi connectivity index (χ4v) is 5.21. The van der Waals surface area contributed by atoms with E-state index < -0.39 is 29.5 Å². The lowest BCUT2D eigenvalue weighted by Crippen LogP contribution is -2.33. The largest absolute Gasteiger partial charge is 0.464 e. The lowest BCUT2D eigenvalue weighted by molar-refractivity contribution is -0.289. The number of benzene rings is 3. The maximum Gasteiger partial charge on any atom is 0.458 e. The van der Waals surface area contributed by atoms with Gasteiger partial charge in [0.05, 0.1) is 29.1 Å². The van der Waals surface area contributed by atoms with Crippen LogP contribution in [0, 0.1) is 5.82 Å². The molecule has 0 atom stereocenters. The van der Waals surface area contributed by atoms with Crippen LogP contribution in [0.3, 0.4) is 0 Å². The van der Waals surface area contributed by atoms with Gasteiger partial charge in [0.25, 0.3) is 0 Å². The minimum Gasteiger partial charge on any atom is -0.464 e. The monoisotopic (exact) mass is 630 g/mol. The first-order valence-electron chi connectivity index (χ1n) is 12.5. The van der Waals surface area contributed by atoms with Crippen LogP contribution in [0.15, 0.2) is 88.7 Å². The van der Waals surface area contributed by atoms with Gasteiger partial charge in [-0.3, -0.25) is 9.69 Å². The Balaban J connectivity index is 1.17. The molecule has 2 aromatic heterocycles. The smallest absolute Gasteiger partial charge is 0.458 e. The summed E-state index contributed by atoms with van der Waals surface area (Å²) in [4.78, 5) is 34.6. The van der Waals surface area contributed by atoms with E-state index in [9.17, 15) is 35.9 Å². The summed E-state index contributed by atoms with van der Waals surface area (Å²) < 4.78 is 86.5. The quantitative estimate of drug-likeness (QED) is 0.207. The minimum absolute atomic E-state index is 0.0108. The van der Waals surface area contributed by atoms with Crippen LogP contribution in [0.5, 0.6) is 0 Å². The third-order valence-corrected chi connectivity index (χ3v) is 7.41. The number of carbonyl (C=O) groups is 2. The highest BCUT2D eigenvalue weighted by atomic mass is 32.2. The van der Waals surface area contributed by atoms with Gasteiger partial charge in [-0.1, -0.05) is 30.0 Å². The SMILES string of the molecule is O=C(/N=C1\SCC(=O)N1c1cccc2occc12)Nc1ccc(-c2ncn(-c3ccc(C(F)(F)C(F)(F)F)cc3)n2)cc1F. The van der Waals surface area contributed by atoms with Crippen molar-refractivity contribution in [3.8, 4) is 17.1 Å². The first kappa shape index (κ1) is 29.0. The molecule has 0 aliphatic carbocycles. The number of aromatic nitrogens is 3. The van der Waals surface area contributed by atoms with E-state index >= 15 is 0 Å². The molecular weight excluding hydrogens is 614 g/mol. The summed E-state index contributed by atoms with van der Waals surface area (Å²) in [7, 11) is 0. The summed E-state index contributed by atoms with van der Waals surface area (Å²) in [6, 6.07) is 12.8. The van der Waals surface area contributed by atoms with Crippen LogP contribution in [0.2, 0.25) is 0 Å². The Hall–Kier alpha value is -5.12. The zero-order valence-corrected chi connectivity index (χ0v) is 22.7. The van der Waals surface area contributed by atoms with Gasteiger partial charge in [-0.15, -0.1) is 5.10 Å². The predicted molar refractivity (Wildman–Crippen MR) is 149 cm³/mol. The number of halogens is 6. The highest BCUT2D eigenvalue weighted by Crippen LogP contribution is 2.44. The van der Waals surface area contributed by atoms with Gasteiger partial charge in [-0.2, -0.15) is 26.9 Å². The van der Waals surface area contributed by atoms with E-state index in [1.165, 1.54) is 29.6 Å². The summed E-state index contributed by atoms with van der Waals surface area (Å²) in [5.41, 5.74) is -0.115. The highest BCUT2D eigenvalue weighted by molar-refractivity contribution is 8.15. The maximum absolute atomic E-state index is 15.0. The molecule has 224 valence electrons. The van der Waals surface area contributed by atoms with Crippen LogP contribution in [-0.2, 0) is 10.7 Å². The normalized spacial score (nSPS) is 15.0. The summed E-state index contributed by atoms with van der Waals surface area (Å²) in [5.74, 6) is -6.12. The molecule has 44 heavy (non-hydrogen) atoms. The lowest BCUT2D eigenvalue weighted by atomic mass is 10.1. The first-order chi connectivity index (χ1) is 20.9. The van der Waals surface area contributed by atoms with Gasteiger partial charge in [0.1, 0.15) is 17.7 Å². The van der Waals surface area contributed by atoms with Crippen LogP contribution in [0.4, 0.5) is 42.5 Å². The Morgan fingerprint density at radius 2 is 1.80 bits per heavy atom. The molecule has 1 aliphatic heterocycles. The van der Waals surface area contributed by atoms with Gasteiger partial charge in [0.15, 0.2) is 11.0 Å². The minimum atomic E-state index is -5.75. The number of alkyl halides is 5. The molecule has 0 spiro atoms. The van der Waals surface area contributed by atoms with Crippen molar-refractivity contribution in [3.63, 3.8) is 0 Å². The number of amides is 3. The summed E-state index contributed by atoms with van der Waals surface area (Å²) in [5, 5.41) is 7.21. The van der Waals surface area contributed by atoms with E-state index in [1.807, 2.05) is 0 Å². The second-order valence-electron chi connectivity index (χ2n) is 9.28. The number of amidine groups is 1. The standard InChI is InChI=1S/C28H16F6N6O3S/c29-19-12-15(24-35-14-39(38-24)17-7-5-16(6-8-17)27(30,31)28(32,33)34)4-9-20(19)36-25(42)37-26-40(23(41)13-44-26)21-2-1-3-22-18(21)10-11-43-22/h1-12,14H,13H2,(H,36,42)/b37-26-. The Bertz CT molecular complexity index is 1940. The van der Waals surface area contributed by atoms with Crippen molar-refractivity contribution in [1.29, 1.82) is 0 Å². The van der Waals surface area contributed by atoms with Crippen LogP contribution in [0.25, 0.3) is 28.0 Å².